The molecule has 0 bridgehead atoms. The van der Waals surface area contributed by atoms with Crippen LogP contribution in [0.5, 0.6) is 11.5 Å². The number of hydrogen-bond donors (Lipinski definition) is 1. The van der Waals surface area contributed by atoms with Gasteiger partial charge in [-0.3, -0.25) is 9.78 Å². The molecule has 0 unspecified atom stereocenters. The van der Waals surface area contributed by atoms with Crippen molar-refractivity contribution in [1.29, 1.82) is 0 Å². The molecule has 0 radical (unpaired) electrons. The zero-order chi connectivity index (χ0) is 13.9. The van der Waals surface area contributed by atoms with Gasteiger partial charge in [-0.1, -0.05) is 11.2 Å². The van der Waals surface area contributed by atoms with Crippen molar-refractivity contribution < 1.29 is 19.5 Å². The maximum atomic E-state index is 12.3. The molecule has 1 aromatic carbocycles. The minimum Gasteiger partial charge on any atom is -0.454 e. The average Bonchev–Trinajstić information content (AvgIpc) is 2.96. The second-order valence-electron chi connectivity index (χ2n) is 4.06. The zero-order valence-corrected chi connectivity index (χ0v) is 10.3. The highest BCUT2D eigenvalue weighted by Gasteiger charge is 2.21. The summed E-state index contributed by atoms with van der Waals surface area (Å²) in [5.41, 5.74) is 0.523. The molecule has 0 aliphatic carbocycles. The van der Waals surface area contributed by atoms with Gasteiger partial charge in [0.15, 0.2) is 17.2 Å². The van der Waals surface area contributed by atoms with E-state index in [0.29, 0.717) is 22.8 Å². The van der Waals surface area contributed by atoms with E-state index in [0.717, 1.165) is 0 Å². The second-order valence-corrected chi connectivity index (χ2v) is 4.06. The number of carbonyl (C=O) groups is 1. The molecule has 1 aliphatic rings. The number of hydrogen-bond acceptors (Lipinski definition) is 6. The van der Waals surface area contributed by atoms with Gasteiger partial charge >= 0.3 is 0 Å². The predicted molar refractivity (Wildman–Crippen MR) is 69.5 cm³/mol. The summed E-state index contributed by atoms with van der Waals surface area (Å²) in [7, 11) is 0. The van der Waals surface area contributed by atoms with Crippen LogP contribution in [0.25, 0.3) is 0 Å². The molecule has 2 aromatic rings. The van der Waals surface area contributed by atoms with Gasteiger partial charge in [0.05, 0.1) is 5.69 Å². The number of oxime groups is 1. The van der Waals surface area contributed by atoms with Crippen molar-refractivity contribution >= 4 is 11.5 Å². The maximum Gasteiger partial charge on any atom is 0.231 e. The Kier molecular flexibility index (Phi) is 3.04. The van der Waals surface area contributed by atoms with Crippen LogP contribution in [0.2, 0.25) is 0 Å². The second kappa shape index (κ2) is 5.00. The quantitative estimate of drug-likeness (QED) is 0.398. The first-order chi connectivity index (χ1) is 9.79. The zero-order valence-electron chi connectivity index (χ0n) is 10.3. The van der Waals surface area contributed by atoms with Crippen LogP contribution in [0.1, 0.15) is 16.1 Å². The predicted octanol–water partition coefficient (Wildman–Crippen LogP) is 1.87. The first kappa shape index (κ1) is 12.2. The van der Waals surface area contributed by atoms with E-state index in [9.17, 15) is 4.79 Å². The third-order valence-corrected chi connectivity index (χ3v) is 2.86. The van der Waals surface area contributed by atoms with Crippen LogP contribution in [0.15, 0.2) is 47.8 Å². The van der Waals surface area contributed by atoms with E-state index >= 15 is 0 Å². The molecule has 2 heterocycles. The first-order valence-corrected chi connectivity index (χ1v) is 5.87. The largest absolute Gasteiger partial charge is 0.454 e. The number of aromatic nitrogens is 1. The molecule has 1 aromatic heterocycles. The highest BCUT2D eigenvalue weighted by atomic mass is 16.7. The van der Waals surface area contributed by atoms with Crippen LogP contribution in [0, 0.1) is 0 Å². The van der Waals surface area contributed by atoms with E-state index in [2.05, 4.69) is 10.1 Å². The van der Waals surface area contributed by atoms with Gasteiger partial charge in [0.2, 0.25) is 12.6 Å². The lowest BCUT2D eigenvalue weighted by Gasteiger charge is -2.04. The number of rotatable bonds is 3. The number of carbonyl (C=O) groups excluding carboxylic acids is 1. The van der Waals surface area contributed by atoms with Crippen molar-refractivity contribution in [2.75, 3.05) is 6.79 Å². The van der Waals surface area contributed by atoms with E-state index in [1.807, 2.05) is 0 Å². The van der Waals surface area contributed by atoms with Crippen molar-refractivity contribution in [3.05, 3.63) is 53.9 Å². The molecule has 20 heavy (non-hydrogen) atoms. The Morgan fingerprint density at radius 2 is 2.05 bits per heavy atom. The van der Waals surface area contributed by atoms with Gasteiger partial charge < -0.3 is 14.7 Å². The third-order valence-electron chi connectivity index (χ3n) is 2.86. The number of fused-ring (bicyclic) bond motifs is 1. The average molecular weight is 270 g/mol. The van der Waals surface area contributed by atoms with Gasteiger partial charge in [-0.2, -0.15) is 0 Å². The summed E-state index contributed by atoms with van der Waals surface area (Å²) in [5, 5.41) is 12.1. The smallest absolute Gasteiger partial charge is 0.231 e. The SMILES string of the molecule is O=C(C(=NO)c1ccccn1)c1ccc2c(c1)OCO2. The Bertz CT molecular complexity index is 683. The summed E-state index contributed by atoms with van der Waals surface area (Å²) in [6.07, 6.45) is 1.52. The normalized spacial score (nSPS) is 13.3. The lowest BCUT2D eigenvalue weighted by Crippen LogP contribution is -2.17. The van der Waals surface area contributed by atoms with E-state index in [1.54, 1.807) is 36.4 Å². The van der Waals surface area contributed by atoms with E-state index in [4.69, 9.17) is 14.7 Å². The van der Waals surface area contributed by atoms with Crippen molar-refractivity contribution in [1.82, 2.24) is 4.98 Å². The standard InChI is InChI=1S/C14H10N2O4/c17-14(13(16-18)10-3-1-2-6-15-10)9-4-5-11-12(7-9)20-8-19-11/h1-7,18H,8H2. The van der Waals surface area contributed by atoms with Gasteiger partial charge in [0.1, 0.15) is 0 Å². The third kappa shape index (κ3) is 2.07. The molecule has 0 fully saturated rings. The van der Waals surface area contributed by atoms with Gasteiger partial charge in [-0.15, -0.1) is 0 Å². The van der Waals surface area contributed by atoms with Gasteiger partial charge in [0, 0.05) is 11.8 Å². The van der Waals surface area contributed by atoms with Gasteiger partial charge in [0.25, 0.3) is 0 Å². The summed E-state index contributed by atoms with van der Waals surface area (Å²) in [6.45, 7) is 0.133. The molecule has 6 nitrogen and oxygen atoms in total. The fourth-order valence-electron chi connectivity index (χ4n) is 1.89. The molecule has 1 N–H and O–H groups in total. The van der Waals surface area contributed by atoms with E-state index in [1.165, 1.54) is 6.20 Å². The summed E-state index contributed by atoms with van der Waals surface area (Å²) in [4.78, 5) is 16.4. The Labute approximate surface area is 114 Å². The van der Waals surface area contributed by atoms with Crippen molar-refractivity contribution in [3.8, 4) is 11.5 Å². The maximum absolute atomic E-state index is 12.3. The summed E-state index contributed by atoms with van der Waals surface area (Å²) >= 11 is 0. The van der Waals surface area contributed by atoms with Crippen LogP contribution < -0.4 is 9.47 Å². The van der Waals surface area contributed by atoms with Crippen LogP contribution in [-0.2, 0) is 0 Å². The minimum absolute atomic E-state index is 0.121. The summed E-state index contributed by atoms with van der Waals surface area (Å²) in [5.74, 6) is 0.639. The van der Waals surface area contributed by atoms with E-state index in [-0.39, 0.29) is 12.5 Å². The number of nitrogens with zero attached hydrogens (tertiary/aromatic N) is 2. The van der Waals surface area contributed by atoms with Crippen molar-refractivity contribution in [2.45, 2.75) is 0 Å². The Morgan fingerprint density at radius 1 is 1.20 bits per heavy atom. The molecular formula is C14H10N2O4. The monoisotopic (exact) mass is 270 g/mol. The van der Waals surface area contributed by atoms with Crippen LogP contribution in [-0.4, -0.2) is 28.5 Å². The molecule has 100 valence electrons. The first-order valence-electron chi connectivity index (χ1n) is 5.87. The number of ketones is 1. The molecule has 0 atom stereocenters. The van der Waals surface area contributed by atoms with Crippen LogP contribution >= 0.6 is 0 Å². The minimum atomic E-state index is -0.440. The van der Waals surface area contributed by atoms with Gasteiger partial charge in [-0.25, -0.2) is 0 Å². The molecule has 0 saturated carbocycles. The number of benzene rings is 1. The summed E-state index contributed by atoms with van der Waals surface area (Å²) in [6, 6.07) is 9.80. The van der Waals surface area contributed by atoms with Crippen LogP contribution in [0.3, 0.4) is 0 Å². The highest BCUT2D eigenvalue weighted by Crippen LogP contribution is 2.32. The topological polar surface area (TPSA) is 81.0 Å². The number of pyridine rings is 1. The molecule has 6 heteroatoms. The van der Waals surface area contributed by atoms with Gasteiger partial charge in [-0.05, 0) is 30.3 Å². The Morgan fingerprint density at radius 3 is 2.80 bits per heavy atom. The summed E-state index contributed by atoms with van der Waals surface area (Å²) < 4.78 is 10.4. The van der Waals surface area contributed by atoms with Crippen LogP contribution in [0.4, 0.5) is 0 Å². The van der Waals surface area contributed by atoms with E-state index < -0.39 is 5.78 Å². The molecule has 3 rings (SSSR count). The lowest BCUT2D eigenvalue weighted by molar-refractivity contribution is 0.106. The Balaban J connectivity index is 1.96. The van der Waals surface area contributed by atoms with Crippen molar-refractivity contribution in [3.63, 3.8) is 0 Å². The van der Waals surface area contributed by atoms with Crippen molar-refractivity contribution in [2.24, 2.45) is 5.16 Å². The number of ether oxygens (including phenoxy) is 2. The molecular weight excluding hydrogens is 260 g/mol. The lowest BCUT2D eigenvalue weighted by atomic mass is 10.0. The fraction of sp³-hybridized carbons (Fsp3) is 0.0714. The molecule has 0 saturated heterocycles. The molecule has 1 aliphatic heterocycles. The highest BCUT2D eigenvalue weighted by molar-refractivity contribution is 6.50. The number of Topliss-reactive ketones (excluding diaryl/α,β-unsaturated/α-hetero) is 1. The molecule has 0 spiro atoms. The molecule has 0 amide bonds. The fourth-order valence-corrected chi connectivity index (χ4v) is 1.89. The Hall–Kier alpha value is -2.89.